The number of aryl methyl sites for hydroxylation is 1. The number of unbranched alkanes of at least 4 members (excludes halogenated alkanes) is 2. The fraction of sp³-hybridized carbons (Fsp3) is 0.286. The fourth-order valence-corrected chi connectivity index (χ4v) is 3.03. The van der Waals surface area contributed by atoms with Crippen LogP contribution in [0.2, 0.25) is 0 Å². The summed E-state index contributed by atoms with van der Waals surface area (Å²) in [5.41, 5.74) is 4.88. The number of hydrogen-bond acceptors (Lipinski definition) is 5. The molecular weight excluding hydrogens is 386 g/mol. The molecule has 0 fully saturated rings. The van der Waals surface area contributed by atoms with E-state index in [2.05, 4.69) is 27.9 Å². The molecule has 2 heterocycles. The molecule has 0 radical (unpaired) electrons. The van der Waals surface area contributed by atoms with Gasteiger partial charge in [-0.2, -0.15) is 5.10 Å². The van der Waals surface area contributed by atoms with Gasteiger partial charge in [-0.15, -0.1) is 0 Å². The molecule has 3 N–H and O–H groups in total. The van der Waals surface area contributed by atoms with Crippen LogP contribution in [0.5, 0.6) is 0 Å². The van der Waals surface area contributed by atoms with Gasteiger partial charge in [0.25, 0.3) is 17.4 Å². The molecule has 0 aliphatic heterocycles. The van der Waals surface area contributed by atoms with Crippen LogP contribution in [0.3, 0.4) is 0 Å². The second-order valence-corrected chi connectivity index (χ2v) is 6.90. The number of nitrogens with one attached hydrogen (secondary N) is 3. The van der Waals surface area contributed by atoms with Crippen molar-refractivity contribution in [3.63, 3.8) is 0 Å². The molecule has 0 saturated carbocycles. The van der Waals surface area contributed by atoms with Crippen molar-refractivity contribution in [2.45, 2.75) is 39.7 Å². The second-order valence-electron chi connectivity index (χ2n) is 6.90. The molecule has 9 nitrogen and oxygen atoms in total. The van der Waals surface area contributed by atoms with Gasteiger partial charge < -0.3 is 4.98 Å². The summed E-state index contributed by atoms with van der Waals surface area (Å²) >= 11 is 0. The molecule has 0 bridgehead atoms. The number of Topliss-reactive ketones (excluding diaryl/α,β-unsaturated/α-hetero) is 1. The molecule has 156 valence electrons. The van der Waals surface area contributed by atoms with Crippen LogP contribution in [-0.2, 0) is 6.54 Å². The third kappa shape index (κ3) is 4.45. The maximum Gasteiger partial charge on any atom is 0.290 e. The minimum Gasteiger partial charge on any atom is -0.356 e. The van der Waals surface area contributed by atoms with Crippen molar-refractivity contribution < 1.29 is 14.4 Å². The molecule has 0 aliphatic carbocycles. The van der Waals surface area contributed by atoms with Crippen LogP contribution in [-0.4, -0.2) is 32.4 Å². The van der Waals surface area contributed by atoms with E-state index in [1.807, 2.05) is 0 Å². The van der Waals surface area contributed by atoms with Crippen LogP contribution < -0.4 is 16.4 Å². The summed E-state index contributed by atoms with van der Waals surface area (Å²) < 4.78 is 1.29. The van der Waals surface area contributed by atoms with Crippen LogP contribution in [0.4, 0.5) is 0 Å². The molecular formula is C21H23N5O4. The number of amides is 2. The van der Waals surface area contributed by atoms with E-state index in [0.717, 1.165) is 19.3 Å². The largest absolute Gasteiger partial charge is 0.356 e. The summed E-state index contributed by atoms with van der Waals surface area (Å²) in [6.45, 7) is 3.85. The van der Waals surface area contributed by atoms with Crippen molar-refractivity contribution >= 4 is 28.4 Å². The van der Waals surface area contributed by atoms with Gasteiger partial charge in [0.1, 0.15) is 5.69 Å². The van der Waals surface area contributed by atoms with Gasteiger partial charge in [-0.05, 0) is 25.5 Å². The first kappa shape index (κ1) is 21.0. The number of fused-ring (bicyclic) bond motifs is 1. The molecule has 0 unspecified atom stereocenters. The molecule has 2 aromatic heterocycles. The summed E-state index contributed by atoms with van der Waals surface area (Å²) in [6, 6.07) is 8.11. The van der Waals surface area contributed by atoms with Gasteiger partial charge in [-0.25, -0.2) is 4.68 Å². The van der Waals surface area contributed by atoms with Gasteiger partial charge in [-0.3, -0.25) is 30.0 Å². The number of aromatic nitrogens is 3. The Labute approximate surface area is 172 Å². The SMILES string of the molecule is CCCCCn1nc(C(=O)NNC(=O)c2cc(C(C)=O)c[nH]2)c2ccccc2c1=O. The van der Waals surface area contributed by atoms with Gasteiger partial charge in [0, 0.05) is 23.7 Å². The zero-order chi connectivity index (χ0) is 21.7. The number of H-pyrrole nitrogens is 1. The number of benzene rings is 1. The number of aromatic amines is 1. The molecule has 0 atom stereocenters. The first-order valence-corrected chi connectivity index (χ1v) is 9.72. The quantitative estimate of drug-likeness (QED) is 0.313. The Hall–Kier alpha value is -3.75. The highest BCUT2D eigenvalue weighted by Gasteiger charge is 2.18. The van der Waals surface area contributed by atoms with E-state index in [1.54, 1.807) is 24.3 Å². The van der Waals surface area contributed by atoms with Crippen molar-refractivity contribution in [1.82, 2.24) is 25.6 Å². The predicted octanol–water partition coefficient (Wildman–Crippen LogP) is 2.19. The molecule has 9 heteroatoms. The van der Waals surface area contributed by atoms with Crippen molar-refractivity contribution in [1.29, 1.82) is 0 Å². The third-order valence-electron chi connectivity index (χ3n) is 4.68. The predicted molar refractivity (Wildman–Crippen MR) is 111 cm³/mol. The number of nitrogens with zero attached hydrogens (tertiary/aromatic N) is 2. The Balaban J connectivity index is 1.82. The minimum atomic E-state index is -0.651. The van der Waals surface area contributed by atoms with E-state index in [-0.39, 0.29) is 22.7 Å². The number of carbonyl (C=O) groups is 3. The average Bonchev–Trinajstić information content (AvgIpc) is 3.24. The normalized spacial score (nSPS) is 10.7. The number of hydrazine groups is 1. The Morgan fingerprint density at radius 1 is 1.07 bits per heavy atom. The Kier molecular flexibility index (Phi) is 6.41. The van der Waals surface area contributed by atoms with Crippen molar-refractivity contribution in [3.05, 3.63) is 63.8 Å². The minimum absolute atomic E-state index is 0.0397. The van der Waals surface area contributed by atoms with Crippen LogP contribution in [0, 0.1) is 0 Å². The number of ketones is 1. The lowest BCUT2D eigenvalue weighted by Crippen LogP contribution is -2.43. The fourth-order valence-electron chi connectivity index (χ4n) is 3.03. The van der Waals surface area contributed by atoms with Crippen molar-refractivity contribution in [3.8, 4) is 0 Å². The second kappa shape index (κ2) is 9.17. The van der Waals surface area contributed by atoms with E-state index in [1.165, 1.54) is 23.9 Å². The summed E-state index contributed by atoms with van der Waals surface area (Å²) in [4.78, 5) is 51.7. The third-order valence-corrected chi connectivity index (χ3v) is 4.68. The van der Waals surface area contributed by atoms with Crippen molar-refractivity contribution in [2.24, 2.45) is 0 Å². The van der Waals surface area contributed by atoms with Gasteiger partial charge >= 0.3 is 0 Å². The first-order chi connectivity index (χ1) is 14.4. The zero-order valence-electron chi connectivity index (χ0n) is 16.8. The average molecular weight is 409 g/mol. The number of hydrogen-bond donors (Lipinski definition) is 3. The molecule has 2 amide bonds. The van der Waals surface area contributed by atoms with E-state index in [0.29, 0.717) is 22.9 Å². The first-order valence-electron chi connectivity index (χ1n) is 9.72. The summed E-state index contributed by atoms with van der Waals surface area (Å²) in [5, 5.41) is 5.03. The van der Waals surface area contributed by atoms with Gasteiger partial charge in [0.2, 0.25) is 0 Å². The lowest BCUT2D eigenvalue weighted by Gasteiger charge is -2.11. The Morgan fingerprint density at radius 2 is 1.77 bits per heavy atom. The van der Waals surface area contributed by atoms with Gasteiger partial charge in [0.15, 0.2) is 11.5 Å². The van der Waals surface area contributed by atoms with E-state index in [4.69, 9.17) is 0 Å². The molecule has 3 rings (SSSR count). The molecule has 30 heavy (non-hydrogen) atoms. The lowest BCUT2D eigenvalue weighted by atomic mass is 10.1. The molecule has 3 aromatic rings. The highest BCUT2D eigenvalue weighted by atomic mass is 16.2. The molecule has 0 spiro atoms. The standard InChI is InChI=1S/C21H23N5O4/c1-3-4-7-10-26-21(30)16-9-6-5-8-15(16)18(25-26)20(29)24-23-19(28)17-11-14(12-22-17)13(2)27/h5-6,8-9,11-12,22H,3-4,7,10H2,1-2H3,(H,23,28)(H,24,29). The highest BCUT2D eigenvalue weighted by molar-refractivity contribution is 6.06. The molecule has 0 saturated heterocycles. The maximum atomic E-state index is 12.7. The van der Waals surface area contributed by atoms with Gasteiger partial charge in [0.05, 0.1) is 5.39 Å². The summed E-state index contributed by atoms with van der Waals surface area (Å²) in [6.07, 6.45) is 4.12. The monoisotopic (exact) mass is 409 g/mol. The molecule has 0 aliphatic rings. The van der Waals surface area contributed by atoms with E-state index in [9.17, 15) is 19.2 Å². The Morgan fingerprint density at radius 3 is 2.43 bits per heavy atom. The molecule has 1 aromatic carbocycles. The van der Waals surface area contributed by atoms with Crippen LogP contribution in [0.1, 0.15) is 64.4 Å². The number of rotatable bonds is 7. The summed E-state index contributed by atoms with van der Waals surface area (Å²) in [5.74, 6) is -1.45. The van der Waals surface area contributed by atoms with Crippen LogP contribution in [0.15, 0.2) is 41.3 Å². The van der Waals surface area contributed by atoms with E-state index < -0.39 is 11.8 Å². The zero-order valence-corrected chi connectivity index (χ0v) is 16.8. The van der Waals surface area contributed by atoms with Crippen molar-refractivity contribution in [2.75, 3.05) is 0 Å². The highest BCUT2D eigenvalue weighted by Crippen LogP contribution is 2.13. The summed E-state index contributed by atoms with van der Waals surface area (Å²) in [7, 11) is 0. The maximum absolute atomic E-state index is 12.7. The Bertz CT molecular complexity index is 1160. The lowest BCUT2D eigenvalue weighted by molar-refractivity contribution is 0.0841. The van der Waals surface area contributed by atoms with Crippen LogP contribution in [0.25, 0.3) is 10.8 Å². The topological polar surface area (TPSA) is 126 Å². The van der Waals surface area contributed by atoms with Gasteiger partial charge in [-0.1, -0.05) is 38.0 Å². The number of carbonyl (C=O) groups excluding carboxylic acids is 3. The van der Waals surface area contributed by atoms with E-state index >= 15 is 0 Å². The van der Waals surface area contributed by atoms with Crippen LogP contribution >= 0.6 is 0 Å². The smallest absolute Gasteiger partial charge is 0.290 e.